The maximum Gasteiger partial charge on any atom is 0.123 e. The Morgan fingerprint density at radius 3 is 2.80 bits per heavy atom. The van der Waals surface area contributed by atoms with Crippen molar-refractivity contribution in [2.45, 2.75) is 51.9 Å². The lowest BCUT2D eigenvalue weighted by Gasteiger charge is -2.11. The minimum atomic E-state index is 0.604. The second kappa shape index (κ2) is 6.44. The van der Waals surface area contributed by atoms with Crippen molar-refractivity contribution in [1.29, 1.82) is 0 Å². The Kier molecular flexibility index (Phi) is 5.16. The molecule has 1 aromatic heterocycles. The summed E-state index contributed by atoms with van der Waals surface area (Å²) in [6, 6.07) is 4.06. The molecule has 0 amide bonds. The van der Waals surface area contributed by atoms with E-state index in [1.165, 1.54) is 37.7 Å². The first kappa shape index (κ1) is 12.0. The SMILES string of the molecule is CCCCCCC(C)c1ccnc(N)c1. The van der Waals surface area contributed by atoms with Crippen molar-refractivity contribution in [3.63, 3.8) is 0 Å². The summed E-state index contributed by atoms with van der Waals surface area (Å²) in [6.45, 7) is 4.51. The van der Waals surface area contributed by atoms with Crippen LogP contribution in [0.1, 0.15) is 57.4 Å². The summed E-state index contributed by atoms with van der Waals surface area (Å²) in [7, 11) is 0. The van der Waals surface area contributed by atoms with E-state index in [2.05, 4.69) is 24.9 Å². The summed E-state index contributed by atoms with van der Waals surface area (Å²) in [5.41, 5.74) is 6.98. The van der Waals surface area contributed by atoms with Gasteiger partial charge in [0.2, 0.25) is 0 Å². The van der Waals surface area contributed by atoms with Gasteiger partial charge in [-0.05, 0) is 30.0 Å². The molecular weight excluding hydrogens is 184 g/mol. The summed E-state index contributed by atoms with van der Waals surface area (Å²) < 4.78 is 0. The first-order valence-corrected chi connectivity index (χ1v) is 5.95. The van der Waals surface area contributed by atoms with Gasteiger partial charge in [0, 0.05) is 6.20 Å². The predicted molar refractivity (Wildman–Crippen MR) is 65.8 cm³/mol. The zero-order valence-corrected chi connectivity index (χ0v) is 9.87. The number of hydrogen-bond acceptors (Lipinski definition) is 2. The van der Waals surface area contributed by atoms with Gasteiger partial charge in [-0.25, -0.2) is 4.98 Å². The van der Waals surface area contributed by atoms with Crippen molar-refractivity contribution in [3.05, 3.63) is 23.9 Å². The van der Waals surface area contributed by atoms with Crippen LogP contribution in [0.5, 0.6) is 0 Å². The van der Waals surface area contributed by atoms with Crippen LogP contribution >= 0.6 is 0 Å². The summed E-state index contributed by atoms with van der Waals surface area (Å²) in [4.78, 5) is 4.01. The van der Waals surface area contributed by atoms with Gasteiger partial charge in [0.15, 0.2) is 0 Å². The highest BCUT2D eigenvalue weighted by Gasteiger charge is 2.05. The van der Waals surface area contributed by atoms with Gasteiger partial charge in [0.1, 0.15) is 5.82 Å². The van der Waals surface area contributed by atoms with Gasteiger partial charge in [0.05, 0.1) is 0 Å². The topological polar surface area (TPSA) is 38.9 Å². The fourth-order valence-electron chi connectivity index (χ4n) is 1.82. The number of rotatable bonds is 6. The average Bonchev–Trinajstić information content (AvgIpc) is 2.24. The highest BCUT2D eigenvalue weighted by Crippen LogP contribution is 2.22. The van der Waals surface area contributed by atoms with Crippen LogP contribution in [-0.2, 0) is 0 Å². The fourth-order valence-corrected chi connectivity index (χ4v) is 1.82. The van der Waals surface area contributed by atoms with Crippen molar-refractivity contribution >= 4 is 5.82 Å². The first-order valence-electron chi connectivity index (χ1n) is 5.95. The maximum absolute atomic E-state index is 5.66. The third-order valence-corrected chi connectivity index (χ3v) is 2.86. The summed E-state index contributed by atoms with van der Waals surface area (Å²) in [6.07, 6.45) is 8.37. The molecule has 1 heterocycles. The second-order valence-corrected chi connectivity index (χ2v) is 4.26. The Morgan fingerprint density at radius 2 is 2.13 bits per heavy atom. The third-order valence-electron chi connectivity index (χ3n) is 2.86. The molecule has 2 N–H and O–H groups in total. The molecule has 2 heteroatoms. The molecule has 0 saturated heterocycles. The zero-order chi connectivity index (χ0) is 11.1. The van der Waals surface area contributed by atoms with Crippen LogP contribution in [0.4, 0.5) is 5.82 Å². The molecule has 0 radical (unpaired) electrons. The number of aromatic nitrogens is 1. The Balaban J connectivity index is 2.36. The molecule has 0 spiro atoms. The monoisotopic (exact) mass is 206 g/mol. The zero-order valence-electron chi connectivity index (χ0n) is 9.87. The molecule has 0 aliphatic carbocycles. The molecule has 15 heavy (non-hydrogen) atoms. The van der Waals surface area contributed by atoms with Crippen molar-refractivity contribution < 1.29 is 0 Å². The standard InChI is InChI=1S/C13H22N2/c1-3-4-5-6-7-11(2)12-8-9-15-13(14)10-12/h8-11H,3-7H2,1-2H3,(H2,14,15). The fraction of sp³-hybridized carbons (Fsp3) is 0.615. The van der Waals surface area contributed by atoms with E-state index < -0.39 is 0 Å². The molecule has 0 saturated carbocycles. The first-order chi connectivity index (χ1) is 7.24. The Morgan fingerprint density at radius 1 is 1.33 bits per heavy atom. The van der Waals surface area contributed by atoms with Gasteiger partial charge in [-0.2, -0.15) is 0 Å². The lowest BCUT2D eigenvalue weighted by Crippen LogP contribution is -1.97. The normalized spacial score (nSPS) is 12.7. The maximum atomic E-state index is 5.66. The van der Waals surface area contributed by atoms with E-state index >= 15 is 0 Å². The van der Waals surface area contributed by atoms with E-state index in [1.807, 2.05) is 6.07 Å². The van der Waals surface area contributed by atoms with Crippen LogP contribution in [-0.4, -0.2) is 4.98 Å². The van der Waals surface area contributed by atoms with Crippen LogP contribution < -0.4 is 5.73 Å². The molecule has 1 unspecified atom stereocenters. The summed E-state index contributed by atoms with van der Waals surface area (Å²) in [5.74, 6) is 1.24. The van der Waals surface area contributed by atoms with Crippen LogP contribution in [0.25, 0.3) is 0 Å². The van der Waals surface area contributed by atoms with Crippen molar-refractivity contribution in [3.8, 4) is 0 Å². The van der Waals surface area contributed by atoms with Gasteiger partial charge >= 0.3 is 0 Å². The highest BCUT2D eigenvalue weighted by atomic mass is 14.8. The molecule has 1 aromatic rings. The molecule has 1 atom stereocenters. The lowest BCUT2D eigenvalue weighted by atomic mass is 9.95. The summed E-state index contributed by atoms with van der Waals surface area (Å²) in [5, 5.41) is 0. The quantitative estimate of drug-likeness (QED) is 0.720. The summed E-state index contributed by atoms with van der Waals surface area (Å²) >= 11 is 0. The number of nitrogens with two attached hydrogens (primary N) is 1. The Labute approximate surface area is 92.9 Å². The largest absolute Gasteiger partial charge is 0.384 e. The molecule has 0 aliphatic heterocycles. The molecule has 2 nitrogen and oxygen atoms in total. The molecule has 84 valence electrons. The van der Waals surface area contributed by atoms with Gasteiger partial charge in [-0.15, -0.1) is 0 Å². The third kappa shape index (κ3) is 4.32. The van der Waals surface area contributed by atoms with Gasteiger partial charge in [0.25, 0.3) is 0 Å². The number of nitrogens with zero attached hydrogens (tertiary/aromatic N) is 1. The van der Waals surface area contributed by atoms with E-state index in [9.17, 15) is 0 Å². The number of pyridine rings is 1. The predicted octanol–water partition coefficient (Wildman–Crippen LogP) is 3.74. The number of hydrogen-bond donors (Lipinski definition) is 1. The van der Waals surface area contributed by atoms with E-state index in [-0.39, 0.29) is 0 Å². The molecule has 0 aliphatic rings. The van der Waals surface area contributed by atoms with Crippen LogP contribution in [0.3, 0.4) is 0 Å². The highest BCUT2D eigenvalue weighted by molar-refractivity contribution is 5.33. The minimum absolute atomic E-state index is 0.604. The van der Waals surface area contributed by atoms with Crippen LogP contribution in [0, 0.1) is 0 Å². The molecule has 1 rings (SSSR count). The van der Waals surface area contributed by atoms with Gasteiger partial charge < -0.3 is 5.73 Å². The average molecular weight is 206 g/mol. The van der Waals surface area contributed by atoms with E-state index in [4.69, 9.17) is 5.73 Å². The van der Waals surface area contributed by atoms with Crippen LogP contribution in [0.15, 0.2) is 18.3 Å². The van der Waals surface area contributed by atoms with E-state index in [0.29, 0.717) is 11.7 Å². The lowest BCUT2D eigenvalue weighted by molar-refractivity contribution is 0.580. The smallest absolute Gasteiger partial charge is 0.123 e. The second-order valence-electron chi connectivity index (χ2n) is 4.26. The number of unbranched alkanes of at least 4 members (excludes halogenated alkanes) is 3. The van der Waals surface area contributed by atoms with E-state index in [0.717, 1.165) is 0 Å². The molecular formula is C13H22N2. The Bertz CT molecular complexity index is 284. The Hall–Kier alpha value is -1.05. The van der Waals surface area contributed by atoms with Gasteiger partial charge in [-0.1, -0.05) is 39.5 Å². The number of anilines is 1. The van der Waals surface area contributed by atoms with E-state index in [1.54, 1.807) is 6.20 Å². The minimum Gasteiger partial charge on any atom is -0.384 e. The molecule has 0 fully saturated rings. The van der Waals surface area contributed by atoms with Gasteiger partial charge in [-0.3, -0.25) is 0 Å². The molecule has 0 aromatic carbocycles. The molecule has 0 bridgehead atoms. The number of nitrogen functional groups attached to an aromatic ring is 1. The van der Waals surface area contributed by atoms with Crippen molar-refractivity contribution in [2.24, 2.45) is 0 Å². The van der Waals surface area contributed by atoms with Crippen molar-refractivity contribution in [2.75, 3.05) is 5.73 Å². The van der Waals surface area contributed by atoms with Crippen LogP contribution in [0.2, 0.25) is 0 Å². The van der Waals surface area contributed by atoms with Crippen molar-refractivity contribution in [1.82, 2.24) is 4.98 Å².